The second-order valence-electron chi connectivity index (χ2n) is 8.33. The molecule has 1 aliphatic heterocycles. The molecule has 176 valence electrons. The summed E-state index contributed by atoms with van der Waals surface area (Å²) >= 11 is 0. The number of carbonyl (C=O) groups is 1. The minimum absolute atomic E-state index is 0.142. The number of methoxy groups -OCH3 is 1. The van der Waals surface area contributed by atoms with Crippen molar-refractivity contribution in [3.63, 3.8) is 0 Å². The number of phenols is 1. The van der Waals surface area contributed by atoms with Crippen molar-refractivity contribution in [3.8, 4) is 22.9 Å². The molecule has 1 aliphatic rings. The van der Waals surface area contributed by atoms with Gasteiger partial charge in [0.05, 0.1) is 18.4 Å². The Bertz CT molecular complexity index is 1440. The minimum atomic E-state index is -0.563. The Hall–Kier alpha value is -4.59. The first kappa shape index (κ1) is 22.2. The molecule has 0 spiro atoms. The number of phenolic OH excluding ortho intramolecular Hbond substituents is 1. The Labute approximate surface area is 202 Å². The molecule has 2 heterocycles. The standard InChI is InChI=1S/C27H25N5O3/c1-16-8-4-5-9-20(16)25-30-27-28-17(2)23(26(34)29-21-10-6-7-11-22(21)35-3)24(32(27)31-25)18-12-14-19(33)15-13-18/h4-15,24,33H,1-3H3,(H,29,34)(H,28,30,31). The second-order valence-corrected chi connectivity index (χ2v) is 8.33. The van der Waals surface area contributed by atoms with Crippen LogP contribution in [0.2, 0.25) is 0 Å². The Morgan fingerprint density at radius 2 is 1.74 bits per heavy atom. The van der Waals surface area contributed by atoms with Crippen LogP contribution in [0.1, 0.15) is 24.1 Å². The van der Waals surface area contributed by atoms with Crippen LogP contribution in [0.25, 0.3) is 11.4 Å². The van der Waals surface area contributed by atoms with Gasteiger partial charge >= 0.3 is 0 Å². The van der Waals surface area contributed by atoms with Gasteiger partial charge in [0.1, 0.15) is 17.5 Å². The molecule has 0 radical (unpaired) electrons. The molecule has 0 saturated carbocycles. The average molecular weight is 468 g/mol. The molecule has 5 rings (SSSR count). The number of para-hydroxylation sites is 2. The van der Waals surface area contributed by atoms with E-state index in [1.807, 2.05) is 50.2 Å². The van der Waals surface area contributed by atoms with Gasteiger partial charge in [0.15, 0.2) is 5.82 Å². The number of aryl methyl sites for hydroxylation is 1. The van der Waals surface area contributed by atoms with Gasteiger partial charge in [-0.05, 0) is 49.2 Å². The lowest BCUT2D eigenvalue weighted by Gasteiger charge is -2.28. The van der Waals surface area contributed by atoms with E-state index in [-0.39, 0.29) is 11.7 Å². The summed E-state index contributed by atoms with van der Waals surface area (Å²) in [5, 5.41) is 20.9. The summed E-state index contributed by atoms with van der Waals surface area (Å²) in [6, 6.07) is 21.4. The zero-order valence-electron chi connectivity index (χ0n) is 19.6. The number of fused-ring (bicyclic) bond motifs is 1. The number of carbonyl (C=O) groups excluding carboxylic acids is 1. The lowest BCUT2D eigenvalue weighted by molar-refractivity contribution is -0.113. The Morgan fingerprint density at radius 3 is 2.49 bits per heavy atom. The molecule has 0 saturated heterocycles. The SMILES string of the molecule is COc1ccccc1NC(=O)C1=C(C)Nc2nc(-c3ccccc3C)nn2C1c1ccc(O)cc1. The molecule has 8 heteroatoms. The number of nitrogens with one attached hydrogen (secondary N) is 2. The molecule has 1 aromatic heterocycles. The van der Waals surface area contributed by atoms with Gasteiger partial charge in [-0.15, -0.1) is 5.10 Å². The largest absolute Gasteiger partial charge is 0.508 e. The van der Waals surface area contributed by atoms with Crippen molar-refractivity contribution in [1.82, 2.24) is 14.8 Å². The number of anilines is 2. The van der Waals surface area contributed by atoms with Gasteiger partial charge in [-0.1, -0.05) is 48.5 Å². The van der Waals surface area contributed by atoms with Gasteiger partial charge < -0.3 is 20.5 Å². The molecule has 0 bridgehead atoms. The van der Waals surface area contributed by atoms with E-state index in [1.165, 1.54) is 0 Å². The van der Waals surface area contributed by atoms with Gasteiger partial charge in [-0.3, -0.25) is 4.79 Å². The lowest BCUT2D eigenvalue weighted by Crippen LogP contribution is -2.31. The molecular formula is C27H25N5O3. The molecule has 35 heavy (non-hydrogen) atoms. The first-order chi connectivity index (χ1) is 17.0. The van der Waals surface area contributed by atoms with E-state index in [1.54, 1.807) is 48.2 Å². The Kier molecular flexibility index (Phi) is 5.70. The third-order valence-electron chi connectivity index (χ3n) is 6.05. The molecule has 8 nitrogen and oxygen atoms in total. The van der Waals surface area contributed by atoms with Crippen molar-refractivity contribution in [3.05, 3.63) is 95.2 Å². The predicted octanol–water partition coefficient (Wildman–Crippen LogP) is 4.90. The predicted molar refractivity (Wildman–Crippen MR) is 134 cm³/mol. The molecule has 3 aromatic carbocycles. The number of hydrogen-bond acceptors (Lipinski definition) is 6. The fraction of sp³-hybridized carbons (Fsp3) is 0.148. The second kappa shape index (κ2) is 8.98. The maximum Gasteiger partial charge on any atom is 0.255 e. The van der Waals surface area contributed by atoms with E-state index in [0.29, 0.717) is 34.5 Å². The zero-order chi connectivity index (χ0) is 24.5. The van der Waals surface area contributed by atoms with Crippen LogP contribution in [0.5, 0.6) is 11.5 Å². The van der Waals surface area contributed by atoms with Gasteiger partial charge in [0, 0.05) is 11.3 Å². The van der Waals surface area contributed by atoms with E-state index in [2.05, 4.69) is 10.6 Å². The van der Waals surface area contributed by atoms with E-state index in [0.717, 1.165) is 16.7 Å². The van der Waals surface area contributed by atoms with E-state index in [9.17, 15) is 9.90 Å². The molecular weight excluding hydrogens is 442 g/mol. The first-order valence-corrected chi connectivity index (χ1v) is 11.2. The molecule has 1 amide bonds. The summed E-state index contributed by atoms with van der Waals surface area (Å²) in [5.41, 5.74) is 4.46. The maximum absolute atomic E-state index is 13.7. The molecule has 3 N–H and O–H groups in total. The van der Waals surface area contributed by atoms with Crippen LogP contribution in [0.15, 0.2) is 84.1 Å². The number of hydrogen-bond donors (Lipinski definition) is 3. The Balaban J connectivity index is 1.61. The van der Waals surface area contributed by atoms with Crippen molar-refractivity contribution < 1.29 is 14.6 Å². The number of amides is 1. The van der Waals surface area contributed by atoms with Crippen molar-refractivity contribution in [2.24, 2.45) is 0 Å². The third-order valence-corrected chi connectivity index (χ3v) is 6.05. The van der Waals surface area contributed by atoms with Gasteiger partial charge in [-0.25, -0.2) is 4.68 Å². The minimum Gasteiger partial charge on any atom is -0.508 e. The molecule has 1 unspecified atom stereocenters. The smallest absolute Gasteiger partial charge is 0.255 e. The van der Waals surface area contributed by atoms with Crippen LogP contribution in [0.4, 0.5) is 11.6 Å². The number of aromatic hydroxyl groups is 1. The molecule has 0 fully saturated rings. The highest BCUT2D eigenvalue weighted by atomic mass is 16.5. The topological polar surface area (TPSA) is 101 Å². The summed E-state index contributed by atoms with van der Waals surface area (Å²) in [6.07, 6.45) is 0. The lowest BCUT2D eigenvalue weighted by atomic mass is 9.95. The molecule has 1 atom stereocenters. The summed E-state index contributed by atoms with van der Waals surface area (Å²) < 4.78 is 7.12. The third kappa shape index (κ3) is 4.10. The van der Waals surface area contributed by atoms with Crippen LogP contribution in [-0.2, 0) is 4.79 Å². The highest BCUT2D eigenvalue weighted by molar-refractivity contribution is 6.06. The van der Waals surface area contributed by atoms with Crippen molar-refractivity contribution >= 4 is 17.5 Å². The monoisotopic (exact) mass is 467 g/mol. The number of benzene rings is 3. The fourth-order valence-electron chi connectivity index (χ4n) is 4.29. The van der Waals surface area contributed by atoms with Crippen molar-refractivity contribution in [2.75, 3.05) is 17.7 Å². The number of rotatable bonds is 5. The van der Waals surface area contributed by atoms with Crippen LogP contribution < -0.4 is 15.4 Å². The van der Waals surface area contributed by atoms with E-state index < -0.39 is 6.04 Å². The highest BCUT2D eigenvalue weighted by Gasteiger charge is 2.35. The van der Waals surface area contributed by atoms with Crippen molar-refractivity contribution in [1.29, 1.82) is 0 Å². The van der Waals surface area contributed by atoms with Crippen LogP contribution in [0.3, 0.4) is 0 Å². The van der Waals surface area contributed by atoms with Gasteiger partial charge in [0.25, 0.3) is 5.91 Å². The maximum atomic E-state index is 13.7. The van der Waals surface area contributed by atoms with Gasteiger partial charge in [0.2, 0.25) is 5.95 Å². The summed E-state index contributed by atoms with van der Waals surface area (Å²) in [4.78, 5) is 18.4. The number of ether oxygens (including phenoxy) is 1. The number of aromatic nitrogens is 3. The average Bonchev–Trinajstić information content (AvgIpc) is 3.27. The quantitative estimate of drug-likeness (QED) is 0.386. The molecule has 4 aromatic rings. The summed E-state index contributed by atoms with van der Waals surface area (Å²) in [7, 11) is 1.56. The van der Waals surface area contributed by atoms with Crippen LogP contribution >= 0.6 is 0 Å². The highest BCUT2D eigenvalue weighted by Crippen LogP contribution is 2.38. The number of allylic oxidation sites excluding steroid dienone is 1. The van der Waals surface area contributed by atoms with Crippen LogP contribution in [0, 0.1) is 6.92 Å². The zero-order valence-corrected chi connectivity index (χ0v) is 19.6. The van der Waals surface area contributed by atoms with Gasteiger partial charge in [-0.2, -0.15) is 4.98 Å². The van der Waals surface area contributed by atoms with Crippen molar-refractivity contribution in [2.45, 2.75) is 19.9 Å². The number of nitrogens with zero attached hydrogens (tertiary/aromatic N) is 3. The fourth-order valence-corrected chi connectivity index (χ4v) is 4.29. The Morgan fingerprint density at radius 1 is 1.03 bits per heavy atom. The normalized spacial score (nSPS) is 14.8. The first-order valence-electron chi connectivity index (χ1n) is 11.2. The van der Waals surface area contributed by atoms with E-state index in [4.69, 9.17) is 14.8 Å². The molecule has 0 aliphatic carbocycles. The van der Waals surface area contributed by atoms with Crippen LogP contribution in [-0.4, -0.2) is 32.9 Å². The summed E-state index contributed by atoms with van der Waals surface area (Å²) in [5.74, 6) is 1.51. The summed E-state index contributed by atoms with van der Waals surface area (Å²) in [6.45, 7) is 3.85. The van der Waals surface area contributed by atoms with E-state index >= 15 is 0 Å².